The molecule has 0 heterocycles. The van der Waals surface area contributed by atoms with Gasteiger partial charge in [0.15, 0.2) is 5.76 Å². The first-order valence-corrected chi connectivity index (χ1v) is 5.49. The Bertz CT molecular complexity index is 582. The normalized spacial score (nSPS) is 13.3. The summed E-state index contributed by atoms with van der Waals surface area (Å²) in [5.41, 5.74) is -1.95. The summed E-state index contributed by atoms with van der Waals surface area (Å²) in [5, 5.41) is 24.8. The number of hydrogen-bond acceptors (Lipinski definition) is 5. The van der Waals surface area contributed by atoms with Gasteiger partial charge in [-0.15, -0.1) is 5.11 Å². The zero-order valence-electron chi connectivity index (χ0n) is 10.8. The number of halogens is 3. The minimum absolute atomic E-state index is 0.200. The van der Waals surface area contributed by atoms with E-state index in [0.29, 0.717) is 6.07 Å². The smallest absolute Gasteiger partial charge is 0.416 e. The Morgan fingerprint density at radius 2 is 2.00 bits per heavy atom. The molecule has 21 heavy (non-hydrogen) atoms. The molecule has 0 radical (unpaired) electrons. The summed E-state index contributed by atoms with van der Waals surface area (Å²) < 4.78 is 42.0. The van der Waals surface area contributed by atoms with Gasteiger partial charge in [-0.3, -0.25) is 0 Å². The molecule has 2 N–H and O–H groups in total. The zero-order chi connectivity index (χ0) is 16.0. The van der Waals surface area contributed by atoms with Gasteiger partial charge in [-0.25, -0.2) is 4.79 Å². The van der Waals surface area contributed by atoms with E-state index in [4.69, 9.17) is 5.11 Å². The third kappa shape index (κ3) is 4.88. The van der Waals surface area contributed by atoms with Crippen molar-refractivity contribution in [3.05, 3.63) is 41.3 Å². The average Bonchev–Trinajstić information content (AvgIpc) is 2.38. The van der Waals surface area contributed by atoms with Gasteiger partial charge < -0.3 is 14.9 Å². The largest absolute Gasteiger partial charge is 0.507 e. The molecule has 0 spiro atoms. The molecule has 0 unspecified atom stereocenters. The third-order valence-electron chi connectivity index (χ3n) is 2.20. The number of aliphatic hydroxyl groups is 1. The van der Waals surface area contributed by atoms with Crippen molar-refractivity contribution in [1.82, 2.24) is 0 Å². The number of aliphatic carboxylic acids is 1. The molecule has 0 fully saturated rings. The fourth-order valence-electron chi connectivity index (χ4n) is 1.28. The zero-order valence-corrected chi connectivity index (χ0v) is 10.8. The molecule has 0 saturated heterocycles. The Labute approximate surface area is 117 Å². The number of azo groups is 1. The molecule has 114 valence electrons. The van der Waals surface area contributed by atoms with E-state index in [1.54, 1.807) is 0 Å². The van der Waals surface area contributed by atoms with Crippen LogP contribution in [-0.4, -0.2) is 29.9 Å². The number of alkyl halides is 3. The molecule has 0 aliphatic heterocycles. The van der Waals surface area contributed by atoms with Gasteiger partial charge in [0.25, 0.3) is 0 Å². The van der Waals surface area contributed by atoms with E-state index in [2.05, 4.69) is 15.0 Å². The Morgan fingerprint density at radius 3 is 2.52 bits per heavy atom. The van der Waals surface area contributed by atoms with Gasteiger partial charge in [0.2, 0.25) is 5.70 Å². The number of carboxylic acids is 1. The second kappa shape index (κ2) is 6.84. The molecule has 1 aromatic rings. The first-order valence-electron chi connectivity index (χ1n) is 5.49. The second-order valence-corrected chi connectivity index (χ2v) is 3.78. The number of carboxylic acid groups (broad SMARTS) is 1. The number of benzene rings is 1. The highest BCUT2D eigenvalue weighted by molar-refractivity contribution is 5.86. The fraction of sp³-hybridized carbons (Fsp3) is 0.250. The Balaban J connectivity index is 3.08. The summed E-state index contributed by atoms with van der Waals surface area (Å²) in [6, 6.07) is 3.87. The molecule has 0 aromatic heterocycles. The van der Waals surface area contributed by atoms with Crippen LogP contribution in [0.4, 0.5) is 18.9 Å². The number of nitrogens with zero attached hydrogens (tertiary/aromatic N) is 2. The van der Waals surface area contributed by atoms with Crippen molar-refractivity contribution >= 4 is 11.7 Å². The summed E-state index contributed by atoms with van der Waals surface area (Å²) >= 11 is 0. The molecule has 0 saturated carbocycles. The molecule has 1 rings (SSSR count). The Kier molecular flexibility index (Phi) is 5.42. The molecule has 0 amide bonds. The first kappa shape index (κ1) is 16.6. The van der Waals surface area contributed by atoms with Crippen LogP contribution in [0.1, 0.15) is 5.56 Å². The highest BCUT2D eigenvalue weighted by atomic mass is 19.4. The van der Waals surface area contributed by atoms with Crippen molar-refractivity contribution in [2.75, 3.05) is 13.7 Å². The van der Waals surface area contributed by atoms with E-state index in [0.717, 1.165) is 12.1 Å². The van der Waals surface area contributed by atoms with Crippen LogP contribution >= 0.6 is 0 Å². The lowest BCUT2D eigenvalue weighted by Gasteiger charge is -2.06. The van der Waals surface area contributed by atoms with Crippen LogP contribution in [0.15, 0.2) is 46.0 Å². The van der Waals surface area contributed by atoms with Crippen LogP contribution in [0, 0.1) is 0 Å². The maximum absolute atomic E-state index is 12.5. The van der Waals surface area contributed by atoms with Crippen LogP contribution in [0.5, 0.6) is 0 Å². The Morgan fingerprint density at radius 1 is 1.33 bits per heavy atom. The van der Waals surface area contributed by atoms with Crippen molar-refractivity contribution in [3.63, 3.8) is 0 Å². The summed E-state index contributed by atoms with van der Waals surface area (Å²) in [6.45, 7) is -0.413. The van der Waals surface area contributed by atoms with Crippen LogP contribution in [-0.2, 0) is 15.7 Å². The van der Waals surface area contributed by atoms with Gasteiger partial charge in [-0.2, -0.15) is 18.3 Å². The molecule has 0 bridgehead atoms. The third-order valence-corrected chi connectivity index (χ3v) is 2.20. The number of carbonyl (C=O) groups is 1. The van der Waals surface area contributed by atoms with Crippen LogP contribution in [0.3, 0.4) is 0 Å². The van der Waals surface area contributed by atoms with Crippen molar-refractivity contribution in [3.8, 4) is 0 Å². The second-order valence-electron chi connectivity index (χ2n) is 3.78. The average molecular weight is 304 g/mol. The predicted molar refractivity (Wildman–Crippen MR) is 65.1 cm³/mol. The molecular weight excluding hydrogens is 293 g/mol. The van der Waals surface area contributed by atoms with Crippen molar-refractivity contribution in [2.24, 2.45) is 10.2 Å². The maximum atomic E-state index is 12.5. The summed E-state index contributed by atoms with van der Waals surface area (Å²) in [5.74, 6) is -2.28. The van der Waals surface area contributed by atoms with Gasteiger partial charge in [0, 0.05) is 7.11 Å². The summed E-state index contributed by atoms with van der Waals surface area (Å²) in [4.78, 5) is 10.9. The van der Waals surface area contributed by atoms with Crippen LogP contribution in [0.25, 0.3) is 0 Å². The van der Waals surface area contributed by atoms with Crippen molar-refractivity contribution in [1.29, 1.82) is 0 Å². The Hall–Kier alpha value is -2.42. The number of hydrogen-bond donors (Lipinski definition) is 2. The van der Waals surface area contributed by atoms with E-state index >= 15 is 0 Å². The van der Waals surface area contributed by atoms with Gasteiger partial charge in [0.05, 0.1) is 11.3 Å². The molecule has 9 heteroatoms. The lowest BCUT2D eigenvalue weighted by Crippen LogP contribution is -2.06. The number of rotatable bonds is 5. The van der Waals surface area contributed by atoms with Gasteiger partial charge >= 0.3 is 12.1 Å². The van der Waals surface area contributed by atoms with E-state index in [-0.39, 0.29) is 5.69 Å². The predicted octanol–water partition coefficient (Wildman–Crippen LogP) is 3.29. The standard InChI is InChI=1S/C12H11F3N2O4/c1-21-6-9(18)10(11(19)20)17-16-8-4-2-3-7(5-8)12(13,14)15/h2-5,18H,6H2,1H3,(H,19,20). The molecule has 1 aromatic carbocycles. The minimum atomic E-state index is -4.55. The summed E-state index contributed by atoms with van der Waals surface area (Å²) in [6.07, 6.45) is -4.55. The highest BCUT2D eigenvalue weighted by Gasteiger charge is 2.30. The number of aliphatic hydroxyl groups excluding tert-OH is 1. The lowest BCUT2D eigenvalue weighted by atomic mass is 10.2. The molecular formula is C12H11F3N2O4. The molecule has 0 aliphatic rings. The van der Waals surface area contributed by atoms with E-state index in [1.165, 1.54) is 13.2 Å². The lowest BCUT2D eigenvalue weighted by molar-refractivity contribution is -0.137. The monoisotopic (exact) mass is 304 g/mol. The highest BCUT2D eigenvalue weighted by Crippen LogP contribution is 2.31. The van der Waals surface area contributed by atoms with E-state index < -0.39 is 35.8 Å². The SMILES string of the molecule is COCC(O)=C(N=Nc1cccc(C(F)(F)F)c1)C(=O)O. The molecule has 6 nitrogen and oxygen atoms in total. The number of methoxy groups -OCH3 is 1. The number of ether oxygens (including phenoxy) is 1. The minimum Gasteiger partial charge on any atom is -0.507 e. The van der Waals surface area contributed by atoms with Gasteiger partial charge in [-0.1, -0.05) is 6.07 Å². The molecule has 0 atom stereocenters. The van der Waals surface area contributed by atoms with E-state index in [9.17, 15) is 23.1 Å². The first-order chi connectivity index (χ1) is 9.75. The summed E-state index contributed by atoms with van der Waals surface area (Å²) in [7, 11) is 1.22. The van der Waals surface area contributed by atoms with Crippen molar-refractivity contribution in [2.45, 2.75) is 6.18 Å². The topological polar surface area (TPSA) is 91.5 Å². The molecule has 0 aliphatic carbocycles. The fourth-order valence-corrected chi connectivity index (χ4v) is 1.28. The van der Waals surface area contributed by atoms with Crippen molar-refractivity contribution < 1.29 is 32.9 Å². The quantitative estimate of drug-likeness (QED) is 0.496. The van der Waals surface area contributed by atoms with Crippen LogP contribution < -0.4 is 0 Å². The van der Waals surface area contributed by atoms with Gasteiger partial charge in [-0.05, 0) is 18.2 Å². The van der Waals surface area contributed by atoms with E-state index in [1.807, 2.05) is 0 Å². The maximum Gasteiger partial charge on any atom is 0.416 e. The van der Waals surface area contributed by atoms with Crippen LogP contribution in [0.2, 0.25) is 0 Å². The van der Waals surface area contributed by atoms with Gasteiger partial charge in [0.1, 0.15) is 6.61 Å².